The van der Waals surface area contributed by atoms with E-state index in [-0.39, 0.29) is 5.56 Å². The topological polar surface area (TPSA) is 75.8 Å². The van der Waals surface area contributed by atoms with E-state index in [2.05, 4.69) is 12.1 Å². The summed E-state index contributed by atoms with van der Waals surface area (Å²) < 4.78 is 5.27. The van der Waals surface area contributed by atoms with Gasteiger partial charge in [-0.15, -0.1) is 0 Å². The molecule has 0 saturated carbocycles. The predicted molar refractivity (Wildman–Crippen MR) is 93.2 cm³/mol. The van der Waals surface area contributed by atoms with Crippen LogP contribution in [-0.2, 0) is 12.8 Å². The molecule has 0 unspecified atom stereocenters. The van der Waals surface area contributed by atoms with Crippen molar-refractivity contribution in [3.8, 4) is 5.75 Å². The van der Waals surface area contributed by atoms with Gasteiger partial charge in [0.15, 0.2) is 0 Å². The normalized spacial score (nSPS) is 15.0. The van der Waals surface area contributed by atoms with E-state index in [0.29, 0.717) is 0 Å². The number of methoxy groups -OCH3 is 1. The maximum atomic E-state index is 10.9. The van der Waals surface area contributed by atoms with E-state index in [9.17, 15) is 4.79 Å². The Bertz CT molecular complexity index is 782. The molecule has 0 spiro atoms. The van der Waals surface area contributed by atoms with Crippen molar-refractivity contribution in [1.82, 2.24) is 0 Å². The third-order valence-corrected chi connectivity index (χ3v) is 4.28. The fraction of sp³-hybridized carbons (Fsp3) is 0.211. The Hall–Kier alpha value is -2.79. The quantitative estimate of drug-likeness (QED) is 0.667. The van der Waals surface area contributed by atoms with E-state index in [0.717, 1.165) is 30.7 Å². The maximum Gasteiger partial charge on any atom is 0.335 e. The van der Waals surface area contributed by atoms with Gasteiger partial charge in [0.1, 0.15) is 5.75 Å². The van der Waals surface area contributed by atoms with Crippen LogP contribution in [0.5, 0.6) is 5.75 Å². The number of carboxylic acids is 1. The second kappa shape index (κ2) is 6.76. The average Bonchev–Trinajstić information content (AvgIpc) is 2.61. The van der Waals surface area contributed by atoms with Crippen LogP contribution >= 0.6 is 0 Å². The van der Waals surface area contributed by atoms with Crippen molar-refractivity contribution < 1.29 is 14.6 Å². The van der Waals surface area contributed by atoms with Gasteiger partial charge in [-0.3, -0.25) is 5.01 Å². The van der Waals surface area contributed by atoms with Crippen LogP contribution in [0.2, 0.25) is 0 Å². The van der Waals surface area contributed by atoms with Gasteiger partial charge in [-0.05, 0) is 72.4 Å². The molecule has 5 heteroatoms. The molecule has 0 amide bonds. The molecule has 3 rings (SSSR count). The summed E-state index contributed by atoms with van der Waals surface area (Å²) in [6, 6.07) is 12.7. The Labute approximate surface area is 140 Å². The smallest absolute Gasteiger partial charge is 0.335 e. The van der Waals surface area contributed by atoms with Gasteiger partial charge in [-0.1, -0.05) is 6.07 Å². The molecule has 0 atom stereocenters. The molecular formula is C19H20N2O3. The van der Waals surface area contributed by atoms with Crippen molar-refractivity contribution in [3.05, 3.63) is 70.9 Å². The van der Waals surface area contributed by atoms with Crippen molar-refractivity contribution in [3.63, 3.8) is 0 Å². The summed E-state index contributed by atoms with van der Waals surface area (Å²) in [5.74, 6) is 6.05. The molecule has 0 heterocycles. The number of ether oxygens (including phenoxy) is 1. The lowest BCUT2D eigenvalue weighted by molar-refractivity contribution is 0.0697. The highest BCUT2D eigenvalue weighted by atomic mass is 16.5. The second-order valence-corrected chi connectivity index (χ2v) is 5.86. The number of allylic oxidation sites excluding steroid dienone is 1. The first-order valence-corrected chi connectivity index (χ1v) is 7.79. The highest BCUT2D eigenvalue weighted by Gasteiger charge is 2.14. The Morgan fingerprint density at radius 2 is 1.92 bits per heavy atom. The number of carbonyl (C=O) groups is 1. The fourth-order valence-corrected chi connectivity index (χ4v) is 2.92. The van der Waals surface area contributed by atoms with Gasteiger partial charge in [0.05, 0.1) is 18.4 Å². The lowest BCUT2D eigenvalue weighted by Crippen LogP contribution is -2.25. The van der Waals surface area contributed by atoms with Crippen LogP contribution in [0.1, 0.15) is 27.9 Å². The summed E-state index contributed by atoms with van der Waals surface area (Å²) in [5.41, 5.74) is 4.87. The first kappa shape index (κ1) is 16.1. The molecule has 3 N–H and O–H groups in total. The van der Waals surface area contributed by atoms with Crippen molar-refractivity contribution in [1.29, 1.82) is 0 Å². The minimum Gasteiger partial charge on any atom is -0.497 e. The van der Waals surface area contributed by atoms with Crippen molar-refractivity contribution in [2.24, 2.45) is 5.84 Å². The molecule has 0 aromatic heterocycles. The zero-order valence-corrected chi connectivity index (χ0v) is 13.5. The van der Waals surface area contributed by atoms with E-state index in [1.165, 1.54) is 16.7 Å². The molecule has 1 aliphatic carbocycles. The molecule has 0 aliphatic heterocycles. The largest absolute Gasteiger partial charge is 0.497 e. The van der Waals surface area contributed by atoms with Crippen LogP contribution in [-0.4, -0.2) is 18.2 Å². The number of aryl methyl sites for hydroxylation is 1. The monoisotopic (exact) mass is 324 g/mol. The first-order chi connectivity index (χ1) is 11.6. The third kappa shape index (κ3) is 3.41. The summed E-state index contributed by atoms with van der Waals surface area (Å²) in [5, 5.41) is 10.5. The molecule has 2 aromatic rings. The van der Waals surface area contributed by atoms with Crippen molar-refractivity contribution >= 4 is 11.7 Å². The zero-order chi connectivity index (χ0) is 17.1. The number of rotatable bonds is 4. The van der Waals surface area contributed by atoms with Crippen LogP contribution in [0.15, 0.2) is 54.2 Å². The van der Waals surface area contributed by atoms with E-state index in [4.69, 9.17) is 15.7 Å². The summed E-state index contributed by atoms with van der Waals surface area (Å²) >= 11 is 0. The lowest BCUT2D eigenvalue weighted by atomic mass is 9.88. The molecule has 0 saturated heterocycles. The number of benzene rings is 2. The average molecular weight is 324 g/mol. The minimum atomic E-state index is -0.942. The Morgan fingerprint density at radius 1 is 1.17 bits per heavy atom. The predicted octanol–water partition coefficient (Wildman–Crippen LogP) is 3.15. The van der Waals surface area contributed by atoms with Gasteiger partial charge >= 0.3 is 5.97 Å². The second-order valence-electron chi connectivity index (χ2n) is 5.86. The number of aromatic carboxylic acids is 1. The van der Waals surface area contributed by atoms with Crippen LogP contribution in [0.4, 0.5) is 5.69 Å². The number of hydrogen-bond donors (Lipinski definition) is 2. The number of anilines is 1. The summed E-state index contributed by atoms with van der Waals surface area (Å²) in [6.45, 7) is 0. The van der Waals surface area contributed by atoms with Gasteiger partial charge in [-0.2, -0.15) is 0 Å². The van der Waals surface area contributed by atoms with Crippen molar-refractivity contribution in [2.75, 3.05) is 12.1 Å². The molecule has 124 valence electrons. The van der Waals surface area contributed by atoms with E-state index in [1.807, 2.05) is 12.3 Å². The Kier molecular flexibility index (Phi) is 4.53. The van der Waals surface area contributed by atoms with Crippen molar-refractivity contribution in [2.45, 2.75) is 19.3 Å². The number of carboxylic acid groups (broad SMARTS) is 1. The molecule has 0 bridgehead atoms. The summed E-state index contributed by atoms with van der Waals surface area (Å²) in [7, 11) is 1.68. The fourth-order valence-electron chi connectivity index (χ4n) is 2.92. The molecule has 24 heavy (non-hydrogen) atoms. The number of fused-ring (bicyclic) bond motifs is 1. The van der Waals surface area contributed by atoms with Crippen LogP contribution in [0, 0.1) is 0 Å². The first-order valence-electron chi connectivity index (χ1n) is 7.79. The van der Waals surface area contributed by atoms with Gasteiger partial charge in [0.2, 0.25) is 0 Å². The summed E-state index contributed by atoms with van der Waals surface area (Å²) in [6.07, 6.45) is 4.70. The SMILES string of the molecule is COc1ccc2c(c1)CC/C(=C/N(N)c1ccc(C(=O)O)cc1)C2. The van der Waals surface area contributed by atoms with E-state index >= 15 is 0 Å². The van der Waals surface area contributed by atoms with E-state index < -0.39 is 5.97 Å². The summed E-state index contributed by atoms with van der Waals surface area (Å²) in [4.78, 5) is 10.9. The van der Waals surface area contributed by atoms with Gasteiger partial charge in [0, 0.05) is 6.20 Å². The zero-order valence-electron chi connectivity index (χ0n) is 13.5. The Balaban J connectivity index is 1.75. The molecule has 0 radical (unpaired) electrons. The maximum absolute atomic E-state index is 10.9. The number of nitrogens with two attached hydrogens (primary N) is 1. The third-order valence-electron chi connectivity index (χ3n) is 4.28. The number of hydrazine groups is 1. The molecule has 5 nitrogen and oxygen atoms in total. The highest BCUT2D eigenvalue weighted by molar-refractivity contribution is 5.88. The van der Waals surface area contributed by atoms with E-state index in [1.54, 1.807) is 36.4 Å². The van der Waals surface area contributed by atoms with Crippen LogP contribution in [0.25, 0.3) is 0 Å². The van der Waals surface area contributed by atoms with Gasteiger partial charge in [0.25, 0.3) is 0 Å². The number of hydrogen-bond acceptors (Lipinski definition) is 4. The molecule has 1 aliphatic rings. The highest BCUT2D eigenvalue weighted by Crippen LogP contribution is 2.28. The standard InChI is InChI=1S/C19H20N2O3/c1-24-18-9-6-15-10-13(2-3-16(15)11-18)12-21(20)17-7-4-14(5-8-17)19(22)23/h4-9,11-12H,2-3,10,20H2,1H3,(H,22,23)/b13-12-. The molecular weight excluding hydrogens is 304 g/mol. The molecule has 0 fully saturated rings. The van der Waals surface area contributed by atoms with Crippen LogP contribution in [0.3, 0.4) is 0 Å². The Morgan fingerprint density at radius 3 is 2.58 bits per heavy atom. The van der Waals surface area contributed by atoms with Gasteiger partial charge < -0.3 is 9.84 Å². The lowest BCUT2D eigenvalue weighted by Gasteiger charge is -2.22. The minimum absolute atomic E-state index is 0.250. The van der Waals surface area contributed by atoms with Gasteiger partial charge in [-0.25, -0.2) is 10.6 Å². The molecule has 2 aromatic carbocycles. The number of nitrogens with zero attached hydrogens (tertiary/aromatic N) is 1. The van der Waals surface area contributed by atoms with Crippen LogP contribution < -0.4 is 15.6 Å².